The maximum Gasteiger partial charge on any atom is 0.123 e. The first-order valence-corrected chi connectivity index (χ1v) is 7.22. The molecule has 3 rings (SSSR count). The van der Waals surface area contributed by atoms with E-state index < -0.39 is 0 Å². The molecule has 0 aliphatic carbocycles. The number of hydrogen-bond donors (Lipinski definition) is 1. The highest BCUT2D eigenvalue weighted by Gasteiger charge is 2.30. The molecule has 0 radical (unpaired) electrons. The van der Waals surface area contributed by atoms with Crippen LogP contribution in [0.25, 0.3) is 0 Å². The molecule has 2 heterocycles. The topological polar surface area (TPSA) is 38.5 Å². The van der Waals surface area contributed by atoms with Crippen molar-refractivity contribution in [3.8, 4) is 5.75 Å². The molecule has 0 bridgehead atoms. The molecule has 0 saturated carbocycles. The quantitative estimate of drug-likeness (QED) is 0.912. The molecule has 1 saturated heterocycles. The van der Waals surface area contributed by atoms with Crippen LogP contribution in [0.3, 0.4) is 0 Å². The molecule has 3 nitrogen and oxygen atoms in total. The number of nitrogens with zero attached hydrogens (tertiary/aromatic N) is 1. The minimum absolute atomic E-state index is 0. The first-order valence-electron chi connectivity index (χ1n) is 7.22. The van der Waals surface area contributed by atoms with Crippen LogP contribution in [0.2, 0.25) is 0 Å². The smallest absolute Gasteiger partial charge is 0.123 e. The van der Waals surface area contributed by atoms with Crippen molar-refractivity contribution in [3.63, 3.8) is 0 Å². The highest BCUT2D eigenvalue weighted by molar-refractivity contribution is 5.85. The zero-order valence-electron chi connectivity index (χ0n) is 12.6. The fourth-order valence-electron chi connectivity index (χ4n) is 3.24. The second-order valence-corrected chi connectivity index (χ2v) is 6.82. The van der Waals surface area contributed by atoms with E-state index in [1.54, 1.807) is 0 Å². The zero-order chi connectivity index (χ0) is 13.6. The van der Waals surface area contributed by atoms with E-state index in [9.17, 15) is 0 Å². The summed E-state index contributed by atoms with van der Waals surface area (Å²) < 4.78 is 5.92. The third kappa shape index (κ3) is 3.11. The molecule has 112 valence electrons. The summed E-state index contributed by atoms with van der Waals surface area (Å²) in [6, 6.07) is 6.95. The first kappa shape index (κ1) is 15.6. The van der Waals surface area contributed by atoms with Crippen molar-refractivity contribution in [3.05, 3.63) is 29.3 Å². The molecule has 0 amide bonds. The number of rotatable bonds is 2. The van der Waals surface area contributed by atoms with Crippen LogP contribution >= 0.6 is 12.4 Å². The van der Waals surface area contributed by atoms with Crippen LogP contribution in [0, 0.1) is 5.92 Å². The van der Waals surface area contributed by atoms with Gasteiger partial charge in [-0.15, -0.1) is 12.4 Å². The SMILES string of the molecule is CC1CN(Cc2ccc3c(c2)CC(C)(C)O3)CC1N.Cl. The maximum absolute atomic E-state index is 6.09. The number of halogens is 1. The summed E-state index contributed by atoms with van der Waals surface area (Å²) >= 11 is 0. The molecule has 1 aromatic carbocycles. The largest absolute Gasteiger partial charge is 0.487 e. The van der Waals surface area contributed by atoms with Crippen LogP contribution in [0.1, 0.15) is 31.9 Å². The lowest BCUT2D eigenvalue weighted by Gasteiger charge is -2.16. The number of fused-ring (bicyclic) bond motifs is 1. The van der Waals surface area contributed by atoms with Gasteiger partial charge in [0.15, 0.2) is 0 Å². The van der Waals surface area contributed by atoms with Gasteiger partial charge in [-0.05, 0) is 37.0 Å². The molecule has 0 aromatic heterocycles. The van der Waals surface area contributed by atoms with Gasteiger partial charge in [-0.3, -0.25) is 4.90 Å². The molecule has 4 heteroatoms. The third-order valence-electron chi connectivity index (χ3n) is 4.28. The Balaban J connectivity index is 0.00000147. The molecule has 2 N–H and O–H groups in total. The van der Waals surface area contributed by atoms with E-state index in [4.69, 9.17) is 10.5 Å². The lowest BCUT2D eigenvalue weighted by atomic mass is 10.00. The molecule has 1 fully saturated rings. The Kier molecular flexibility index (Phi) is 4.33. The van der Waals surface area contributed by atoms with Crippen molar-refractivity contribution in [1.82, 2.24) is 4.90 Å². The Labute approximate surface area is 127 Å². The highest BCUT2D eigenvalue weighted by Crippen LogP contribution is 2.35. The number of nitrogens with two attached hydrogens (primary N) is 1. The standard InChI is InChI=1S/C16H24N2O.ClH/c1-11-8-18(10-14(11)17)9-12-4-5-15-13(6-12)7-16(2,3)19-15;/h4-6,11,14H,7-10,17H2,1-3H3;1H. The van der Waals surface area contributed by atoms with E-state index in [1.165, 1.54) is 11.1 Å². The number of hydrogen-bond acceptors (Lipinski definition) is 3. The van der Waals surface area contributed by atoms with E-state index in [-0.39, 0.29) is 18.0 Å². The van der Waals surface area contributed by atoms with Crippen molar-refractivity contribution >= 4 is 12.4 Å². The summed E-state index contributed by atoms with van der Waals surface area (Å²) in [5.74, 6) is 1.66. The van der Waals surface area contributed by atoms with E-state index >= 15 is 0 Å². The molecule has 1 aromatic rings. The van der Waals surface area contributed by atoms with Gasteiger partial charge in [0.1, 0.15) is 11.4 Å². The van der Waals surface area contributed by atoms with Crippen molar-refractivity contribution < 1.29 is 4.74 Å². The van der Waals surface area contributed by atoms with E-state index in [1.807, 2.05) is 0 Å². The van der Waals surface area contributed by atoms with Gasteiger partial charge in [-0.2, -0.15) is 0 Å². The van der Waals surface area contributed by atoms with Crippen molar-refractivity contribution in [1.29, 1.82) is 0 Å². The second kappa shape index (κ2) is 5.55. The monoisotopic (exact) mass is 296 g/mol. The minimum atomic E-state index is -0.0501. The van der Waals surface area contributed by atoms with Gasteiger partial charge in [0.05, 0.1) is 0 Å². The first-order chi connectivity index (χ1) is 8.93. The summed E-state index contributed by atoms with van der Waals surface area (Å²) in [6.07, 6.45) is 1.01. The van der Waals surface area contributed by atoms with Crippen molar-refractivity contribution in [2.75, 3.05) is 13.1 Å². The molecular weight excluding hydrogens is 272 g/mol. The molecule has 2 aliphatic heterocycles. The summed E-state index contributed by atoms with van der Waals surface area (Å²) in [5, 5.41) is 0. The third-order valence-corrected chi connectivity index (χ3v) is 4.28. The fourth-order valence-corrected chi connectivity index (χ4v) is 3.24. The van der Waals surface area contributed by atoms with Gasteiger partial charge in [0.25, 0.3) is 0 Å². The molecule has 2 aliphatic rings. The van der Waals surface area contributed by atoms with E-state index in [2.05, 4.69) is 43.9 Å². The summed E-state index contributed by atoms with van der Waals surface area (Å²) in [5.41, 5.74) is 8.76. The number of benzene rings is 1. The maximum atomic E-state index is 6.09. The summed E-state index contributed by atoms with van der Waals surface area (Å²) in [6.45, 7) is 9.66. The van der Waals surface area contributed by atoms with Crippen LogP contribution in [-0.4, -0.2) is 29.6 Å². The molecule has 20 heavy (non-hydrogen) atoms. The average Bonchev–Trinajstić information content (AvgIpc) is 2.77. The average molecular weight is 297 g/mol. The Morgan fingerprint density at radius 1 is 1.35 bits per heavy atom. The van der Waals surface area contributed by atoms with Gasteiger partial charge in [-0.25, -0.2) is 0 Å². The van der Waals surface area contributed by atoms with Gasteiger partial charge in [0, 0.05) is 32.1 Å². The van der Waals surface area contributed by atoms with Gasteiger partial charge in [0.2, 0.25) is 0 Å². The Hall–Kier alpha value is -0.770. The fraction of sp³-hybridized carbons (Fsp3) is 0.625. The zero-order valence-corrected chi connectivity index (χ0v) is 13.4. The van der Waals surface area contributed by atoms with Gasteiger partial charge in [-0.1, -0.05) is 19.1 Å². The Morgan fingerprint density at radius 2 is 2.10 bits per heavy atom. The Morgan fingerprint density at radius 3 is 2.75 bits per heavy atom. The van der Waals surface area contributed by atoms with E-state index in [0.29, 0.717) is 12.0 Å². The van der Waals surface area contributed by atoms with Gasteiger partial charge < -0.3 is 10.5 Å². The highest BCUT2D eigenvalue weighted by atomic mass is 35.5. The van der Waals surface area contributed by atoms with E-state index in [0.717, 1.165) is 31.8 Å². The predicted octanol–water partition coefficient (Wildman–Crippen LogP) is 2.60. The van der Waals surface area contributed by atoms with Crippen LogP contribution < -0.4 is 10.5 Å². The van der Waals surface area contributed by atoms with Crippen LogP contribution in [0.5, 0.6) is 5.75 Å². The van der Waals surface area contributed by atoms with Gasteiger partial charge >= 0.3 is 0 Å². The second-order valence-electron chi connectivity index (χ2n) is 6.82. The Bertz CT molecular complexity index is 479. The predicted molar refractivity (Wildman–Crippen MR) is 84.5 cm³/mol. The molecular formula is C16H25ClN2O. The normalized spacial score (nSPS) is 27.8. The van der Waals surface area contributed by atoms with Crippen LogP contribution in [0.4, 0.5) is 0 Å². The molecule has 0 spiro atoms. The van der Waals surface area contributed by atoms with Crippen LogP contribution in [0.15, 0.2) is 18.2 Å². The number of ether oxygens (including phenoxy) is 1. The summed E-state index contributed by atoms with van der Waals surface area (Å²) in [7, 11) is 0. The van der Waals surface area contributed by atoms with Crippen molar-refractivity contribution in [2.24, 2.45) is 11.7 Å². The molecule has 2 unspecified atom stereocenters. The number of likely N-dealkylation sites (tertiary alicyclic amines) is 1. The summed E-state index contributed by atoms with van der Waals surface area (Å²) in [4.78, 5) is 2.46. The minimum Gasteiger partial charge on any atom is -0.487 e. The van der Waals surface area contributed by atoms with Crippen LogP contribution in [-0.2, 0) is 13.0 Å². The van der Waals surface area contributed by atoms with Crippen molar-refractivity contribution in [2.45, 2.75) is 45.4 Å². The lowest BCUT2D eigenvalue weighted by Crippen LogP contribution is -2.28. The molecule has 2 atom stereocenters. The lowest BCUT2D eigenvalue weighted by molar-refractivity contribution is 0.138.